The monoisotopic (exact) mass is 253 g/mol. The second kappa shape index (κ2) is 6.59. The van der Waals surface area contributed by atoms with Gasteiger partial charge >= 0.3 is 5.97 Å². The number of carbonyl (C=O) groups is 1. The maximum absolute atomic E-state index is 11.5. The smallest absolute Gasteiger partial charge is 0.309 e. The Morgan fingerprint density at radius 3 is 2.61 bits per heavy atom. The van der Waals surface area contributed by atoms with Gasteiger partial charge in [0.05, 0.1) is 12.5 Å². The van der Waals surface area contributed by atoms with Crippen molar-refractivity contribution < 1.29 is 13.9 Å². The summed E-state index contributed by atoms with van der Waals surface area (Å²) in [6.45, 7) is 10.7. The fourth-order valence-electron chi connectivity index (χ4n) is 1.91. The highest BCUT2D eigenvalue weighted by molar-refractivity contribution is 5.72. The number of carbonyl (C=O) groups excluding carboxylic acids is 1. The van der Waals surface area contributed by atoms with Crippen molar-refractivity contribution in [2.24, 2.45) is 5.92 Å². The van der Waals surface area contributed by atoms with Gasteiger partial charge < -0.3 is 14.5 Å². The van der Waals surface area contributed by atoms with E-state index in [-0.39, 0.29) is 17.9 Å². The van der Waals surface area contributed by atoms with Crippen LogP contribution >= 0.6 is 0 Å². The van der Waals surface area contributed by atoms with Crippen LogP contribution in [0.25, 0.3) is 0 Å². The van der Waals surface area contributed by atoms with Gasteiger partial charge in [-0.25, -0.2) is 0 Å². The SMILES string of the molecule is CCOC(=O)C(C)CNC(C)c1cc(C)oc1C. The van der Waals surface area contributed by atoms with E-state index in [1.54, 1.807) is 0 Å². The van der Waals surface area contributed by atoms with Crippen LogP contribution in [0.2, 0.25) is 0 Å². The molecule has 4 nitrogen and oxygen atoms in total. The number of hydrogen-bond acceptors (Lipinski definition) is 4. The van der Waals surface area contributed by atoms with E-state index < -0.39 is 0 Å². The Hall–Kier alpha value is -1.29. The fourth-order valence-corrected chi connectivity index (χ4v) is 1.91. The van der Waals surface area contributed by atoms with Gasteiger partial charge in [0.1, 0.15) is 11.5 Å². The molecule has 0 aliphatic rings. The summed E-state index contributed by atoms with van der Waals surface area (Å²) in [5.74, 6) is 1.55. The average Bonchev–Trinajstić information content (AvgIpc) is 2.65. The van der Waals surface area contributed by atoms with E-state index in [0.29, 0.717) is 13.2 Å². The average molecular weight is 253 g/mol. The van der Waals surface area contributed by atoms with Gasteiger partial charge in [0.25, 0.3) is 0 Å². The van der Waals surface area contributed by atoms with Crippen molar-refractivity contribution in [3.05, 3.63) is 23.2 Å². The van der Waals surface area contributed by atoms with E-state index in [0.717, 1.165) is 17.1 Å². The lowest BCUT2D eigenvalue weighted by atomic mass is 10.1. The highest BCUT2D eigenvalue weighted by atomic mass is 16.5. The van der Waals surface area contributed by atoms with E-state index in [9.17, 15) is 4.79 Å². The molecule has 0 fully saturated rings. The molecule has 1 aromatic rings. The zero-order chi connectivity index (χ0) is 13.7. The Labute approximate surface area is 109 Å². The van der Waals surface area contributed by atoms with Crippen molar-refractivity contribution in [2.45, 2.75) is 40.7 Å². The van der Waals surface area contributed by atoms with E-state index in [1.165, 1.54) is 0 Å². The van der Waals surface area contributed by atoms with Gasteiger partial charge in [-0.1, -0.05) is 6.92 Å². The lowest BCUT2D eigenvalue weighted by Crippen LogP contribution is -2.29. The first-order valence-corrected chi connectivity index (χ1v) is 6.42. The first-order valence-electron chi connectivity index (χ1n) is 6.42. The molecule has 0 bridgehead atoms. The molecule has 1 aromatic heterocycles. The van der Waals surface area contributed by atoms with Crippen LogP contribution in [-0.2, 0) is 9.53 Å². The summed E-state index contributed by atoms with van der Waals surface area (Å²) in [6.07, 6.45) is 0. The van der Waals surface area contributed by atoms with Gasteiger partial charge in [-0.2, -0.15) is 0 Å². The van der Waals surface area contributed by atoms with E-state index in [2.05, 4.69) is 12.2 Å². The van der Waals surface area contributed by atoms with Crippen LogP contribution < -0.4 is 5.32 Å². The first kappa shape index (κ1) is 14.8. The lowest BCUT2D eigenvalue weighted by molar-refractivity contribution is -0.147. The number of esters is 1. The second-order valence-corrected chi connectivity index (χ2v) is 4.65. The summed E-state index contributed by atoms with van der Waals surface area (Å²) < 4.78 is 10.5. The quantitative estimate of drug-likeness (QED) is 0.792. The Bertz CT molecular complexity index is 398. The summed E-state index contributed by atoms with van der Waals surface area (Å²) in [7, 11) is 0. The maximum Gasteiger partial charge on any atom is 0.309 e. The van der Waals surface area contributed by atoms with E-state index in [1.807, 2.05) is 33.8 Å². The molecule has 1 rings (SSSR count). The van der Waals surface area contributed by atoms with Gasteiger partial charge in [-0.15, -0.1) is 0 Å². The van der Waals surface area contributed by atoms with Gasteiger partial charge in [0.15, 0.2) is 0 Å². The summed E-state index contributed by atoms with van der Waals surface area (Å²) in [6, 6.07) is 2.20. The molecule has 1 heterocycles. The molecule has 0 radical (unpaired) electrons. The molecule has 0 saturated carbocycles. The Kier molecular flexibility index (Phi) is 5.41. The standard InChI is InChI=1S/C14H23NO3/c1-6-17-14(16)9(2)8-15-11(4)13-7-10(3)18-12(13)5/h7,9,11,15H,6,8H2,1-5H3. The zero-order valence-electron chi connectivity index (χ0n) is 11.9. The highest BCUT2D eigenvalue weighted by Crippen LogP contribution is 2.21. The van der Waals surface area contributed by atoms with Gasteiger partial charge in [-0.3, -0.25) is 4.79 Å². The molecule has 0 saturated heterocycles. The first-order chi connectivity index (χ1) is 8.45. The summed E-state index contributed by atoms with van der Waals surface area (Å²) >= 11 is 0. The third-order valence-corrected chi connectivity index (χ3v) is 2.97. The summed E-state index contributed by atoms with van der Waals surface area (Å²) in [4.78, 5) is 11.5. The molecule has 0 amide bonds. The van der Waals surface area contributed by atoms with Crippen molar-refractivity contribution in [1.82, 2.24) is 5.32 Å². The zero-order valence-corrected chi connectivity index (χ0v) is 11.9. The maximum atomic E-state index is 11.5. The van der Waals surface area contributed by atoms with E-state index >= 15 is 0 Å². The second-order valence-electron chi connectivity index (χ2n) is 4.65. The predicted molar refractivity (Wildman–Crippen MR) is 70.4 cm³/mol. The number of ether oxygens (including phenoxy) is 1. The Balaban J connectivity index is 2.48. The van der Waals surface area contributed by atoms with Gasteiger partial charge in [0, 0.05) is 18.2 Å². The van der Waals surface area contributed by atoms with Crippen LogP contribution in [0.3, 0.4) is 0 Å². The molecule has 4 heteroatoms. The predicted octanol–water partition coefficient (Wildman–Crippen LogP) is 2.75. The minimum Gasteiger partial charge on any atom is -0.466 e. The van der Waals surface area contributed by atoms with Crippen molar-refractivity contribution in [1.29, 1.82) is 0 Å². The van der Waals surface area contributed by atoms with Crippen molar-refractivity contribution >= 4 is 5.97 Å². The topological polar surface area (TPSA) is 51.5 Å². The third kappa shape index (κ3) is 3.88. The fraction of sp³-hybridized carbons (Fsp3) is 0.643. The van der Waals surface area contributed by atoms with Crippen LogP contribution in [0.1, 0.15) is 43.9 Å². The molecule has 0 aromatic carbocycles. The minimum absolute atomic E-state index is 0.138. The van der Waals surface area contributed by atoms with Crippen LogP contribution in [0.5, 0.6) is 0 Å². The largest absolute Gasteiger partial charge is 0.466 e. The minimum atomic E-state index is -0.155. The lowest BCUT2D eigenvalue weighted by Gasteiger charge is -2.16. The summed E-state index contributed by atoms with van der Waals surface area (Å²) in [5, 5.41) is 3.33. The molecule has 0 spiro atoms. The molecular weight excluding hydrogens is 230 g/mol. The molecule has 18 heavy (non-hydrogen) atoms. The van der Waals surface area contributed by atoms with Crippen LogP contribution in [0, 0.1) is 19.8 Å². The normalized spacial score (nSPS) is 14.3. The number of furan rings is 1. The molecular formula is C14H23NO3. The van der Waals surface area contributed by atoms with Crippen LogP contribution in [0.4, 0.5) is 0 Å². The summed E-state index contributed by atoms with van der Waals surface area (Å²) in [5.41, 5.74) is 1.14. The molecule has 102 valence electrons. The molecule has 1 N–H and O–H groups in total. The highest BCUT2D eigenvalue weighted by Gasteiger charge is 2.17. The van der Waals surface area contributed by atoms with Crippen molar-refractivity contribution in [3.8, 4) is 0 Å². The van der Waals surface area contributed by atoms with Crippen molar-refractivity contribution in [3.63, 3.8) is 0 Å². The van der Waals surface area contributed by atoms with E-state index in [4.69, 9.17) is 9.15 Å². The number of nitrogens with one attached hydrogen (secondary N) is 1. The van der Waals surface area contributed by atoms with Gasteiger partial charge in [-0.05, 0) is 33.8 Å². The van der Waals surface area contributed by atoms with Gasteiger partial charge in [0.2, 0.25) is 0 Å². The number of hydrogen-bond donors (Lipinski definition) is 1. The van der Waals surface area contributed by atoms with Crippen molar-refractivity contribution in [2.75, 3.05) is 13.2 Å². The molecule has 0 aliphatic heterocycles. The van der Waals surface area contributed by atoms with Crippen LogP contribution in [0.15, 0.2) is 10.5 Å². The Morgan fingerprint density at radius 1 is 1.44 bits per heavy atom. The molecule has 2 atom stereocenters. The number of rotatable bonds is 6. The third-order valence-electron chi connectivity index (χ3n) is 2.97. The number of aryl methyl sites for hydroxylation is 2. The molecule has 0 aliphatic carbocycles. The Morgan fingerprint density at radius 2 is 2.11 bits per heavy atom. The molecule has 2 unspecified atom stereocenters. The van der Waals surface area contributed by atoms with Crippen LogP contribution in [-0.4, -0.2) is 19.1 Å².